The van der Waals surface area contributed by atoms with E-state index in [4.69, 9.17) is 0 Å². The molecule has 0 aliphatic rings. The molecule has 3 nitrogen and oxygen atoms in total. The number of aromatic nitrogens is 1. The van der Waals surface area contributed by atoms with Crippen LogP contribution in [0.3, 0.4) is 0 Å². The first-order valence-corrected chi connectivity index (χ1v) is 7.77. The third-order valence-corrected chi connectivity index (χ3v) is 4.01. The van der Waals surface area contributed by atoms with Crippen molar-refractivity contribution in [1.82, 2.24) is 4.98 Å². The number of Topliss-reactive ketones (excluding diaryl/α,β-unsaturated/α-hetero) is 1. The Hall–Kier alpha value is -2.39. The molecule has 0 amide bonds. The lowest BCUT2D eigenvalue weighted by atomic mass is 9.89. The van der Waals surface area contributed by atoms with Crippen LogP contribution in [0.2, 0.25) is 0 Å². The molecule has 3 aromatic rings. The second-order valence-electron chi connectivity index (χ2n) is 6.89. The van der Waals surface area contributed by atoms with Crippen LogP contribution < -0.4 is 0 Å². The maximum absolute atomic E-state index is 12.5. The van der Waals surface area contributed by atoms with Crippen LogP contribution in [0.15, 0.2) is 48.5 Å². The van der Waals surface area contributed by atoms with Gasteiger partial charge in [0.15, 0.2) is 5.78 Å². The third-order valence-electron chi connectivity index (χ3n) is 4.01. The average molecular weight is 307 g/mol. The Labute approximate surface area is 136 Å². The summed E-state index contributed by atoms with van der Waals surface area (Å²) in [5.41, 5.74) is 4.14. The number of nitrogens with one attached hydrogen (secondary N) is 1. The fourth-order valence-corrected chi connectivity index (χ4v) is 2.77. The average Bonchev–Trinajstić information content (AvgIpc) is 2.97. The smallest absolute Gasteiger partial charge is 0.184 e. The minimum Gasteiger partial charge on any atom is -0.392 e. The van der Waals surface area contributed by atoms with E-state index in [0.29, 0.717) is 5.69 Å². The van der Waals surface area contributed by atoms with Gasteiger partial charge in [0, 0.05) is 16.3 Å². The standard InChI is InChI=1S/C20H21NO2/c1-20(2,3)19(23)18-11-16-15(8-5-9-17(16)21-18)14-7-4-6-13(10-14)12-22/h4-11,21-22H,12H2,1-3H3. The van der Waals surface area contributed by atoms with Crippen molar-refractivity contribution in [2.45, 2.75) is 27.4 Å². The maximum Gasteiger partial charge on any atom is 0.184 e. The number of hydrogen-bond donors (Lipinski definition) is 2. The van der Waals surface area contributed by atoms with Crippen LogP contribution in [-0.2, 0) is 6.61 Å². The predicted octanol–water partition coefficient (Wildman–Crippen LogP) is 4.56. The van der Waals surface area contributed by atoms with Crippen LogP contribution in [-0.4, -0.2) is 15.9 Å². The van der Waals surface area contributed by atoms with E-state index in [1.54, 1.807) is 0 Å². The van der Waals surface area contributed by atoms with Crippen molar-refractivity contribution in [3.63, 3.8) is 0 Å². The van der Waals surface area contributed by atoms with Gasteiger partial charge in [0.05, 0.1) is 12.3 Å². The summed E-state index contributed by atoms with van der Waals surface area (Å²) in [5, 5.41) is 10.4. The molecule has 1 heterocycles. The van der Waals surface area contributed by atoms with Gasteiger partial charge in [0.1, 0.15) is 0 Å². The van der Waals surface area contributed by atoms with Crippen molar-refractivity contribution in [1.29, 1.82) is 0 Å². The lowest BCUT2D eigenvalue weighted by molar-refractivity contribution is 0.0854. The number of benzene rings is 2. The molecule has 0 unspecified atom stereocenters. The van der Waals surface area contributed by atoms with Crippen LogP contribution in [0.1, 0.15) is 36.8 Å². The maximum atomic E-state index is 12.5. The highest BCUT2D eigenvalue weighted by atomic mass is 16.3. The predicted molar refractivity (Wildman–Crippen MR) is 93.4 cm³/mol. The van der Waals surface area contributed by atoms with Gasteiger partial charge in [-0.3, -0.25) is 4.79 Å². The van der Waals surface area contributed by atoms with Crippen molar-refractivity contribution in [2.24, 2.45) is 5.41 Å². The molecule has 2 aromatic carbocycles. The fraction of sp³-hybridized carbons (Fsp3) is 0.250. The van der Waals surface area contributed by atoms with Gasteiger partial charge in [-0.2, -0.15) is 0 Å². The number of aliphatic hydroxyl groups is 1. The lowest BCUT2D eigenvalue weighted by Gasteiger charge is -2.14. The van der Waals surface area contributed by atoms with E-state index in [1.807, 2.05) is 69.3 Å². The summed E-state index contributed by atoms with van der Waals surface area (Å²) in [5.74, 6) is 0.101. The molecule has 0 spiro atoms. The second-order valence-corrected chi connectivity index (χ2v) is 6.89. The molecule has 0 fully saturated rings. The SMILES string of the molecule is CC(C)(C)C(=O)c1cc2c(-c3cccc(CO)c3)cccc2[nH]1. The van der Waals surface area contributed by atoms with Crippen molar-refractivity contribution in [2.75, 3.05) is 0 Å². The van der Waals surface area contributed by atoms with E-state index in [9.17, 15) is 9.90 Å². The van der Waals surface area contributed by atoms with Gasteiger partial charge in [-0.25, -0.2) is 0 Å². The Morgan fingerprint density at radius 1 is 1.09 bits per heavy atom. The van der Waals surface area contributed by atoms with Gasteiger partial charge in [0.2, 0.25) is 0 Å². The minimum absolute atomic E-state index is 0.0186. The van der Waals surface area contributed by atoms with Crippen molar-refractivity contribution in [3.05, 3.63) is 59.8 Å². The molecule has 0 saturated carbocycles. The van der Waals surface area contributed by atoms with Gasteiger partial charge in [-0.15, -0.1) is 0 Å². The van der Waals surface area contributed by atoms with Gasteiger partial charge in [-0.05, 0) is 34.9 Å². The van der Waals surface area contributed by atoms with Gasteiger partial charge >= 0.3 is 0 Å². The summed E-state index contributed by atoms with van der Waals surface area (Å²) >= 11 is 0. The molecule has 0 radical (unpaired) electrons. The normalized spacial score (nSPS) is 11.8. The largest absolute Gasteiger partial charge is 0.392 e. The minimum atomic E-state index is -0.419. The number of ketones is 1. The first kappa shape index (κ1) is 15.5. The van der Waals surface area contributed by atoms with Crippen LogP contribution >= 0.6 is 0 Å². The first-order valence-electron chi connectivity index (χ1n) is 7.77. The highest BCUT2D eigenvalue weighted by molar-refractivity contribution is 6.05. The highest BCUT2D eigenvalue weighted by Crippen LogP contribution is 2.31. The third kappa shape index (κ3) is 2.92. The van der Waals surface area contributed by atoms with Crippen LogP contribution in [0.5, 0.6) is 0 Å². The summed E-state index contributed by atoms with van der Waals surface area (Å²) in [6.07, 6.45) is 0. The summed E-state index contributed by atoms with van der Waals surface area (Å²) in [4.78, 5) is 15.8. The molecule has 1 aromatic heterocycles. The topological polar surface area (TPSA) is 53.1 Å². The molecule has 0 saturated heterocycles. The van der Waals surface area contributed by atoms with Gasteiger partial charge in [0.25, 0.3) is 0 Å². The number of aromatic amines is 1. The fourth-order valence-electron chi connectivity index (χ4n) is 2.77. The number of rotatable bonds is 3. The van der Waals surface area contributed by atoms with Gasteiger partial charge < -0.3 is 10.1 Å². The monoisotopic (exact) mass is 307 g/mol. The molecule has 2 N–H and O–H groups in total. The molecule has 0 aliphatic carbocycles. The number of fused-ring (bicyclic) bond motifs is 1. The summed E-state index contributed by atoms with van der Waals surface area (Å²) < 4.78 is 0. The molecule has 3 heteroatoms. The second kappa shape index (κ2) is 5.67. The molecule has 23 heavy (non-hydrogen) atoms. The Bertz CT molecular complexity index is 869. The van der Waals surface area contributed by atoms with E-state index in [1.165, 1.54) is 0 Å². The van der Waals surface area contributed by atoms with E-state index >= 15 is 0 Å². The molecular formula is C20H21NO2. The van der Waals surface area contributed by atoms with Crippen molar-refractivity contribution in [3.8, 4) is 11.1 Å². The first-order chi connectivity index (χ1) is 10.9. The van der Waals surface area contributed by atoms with E-state index in [2.05, 4.69) is 4.98 Å². The Morgan fingerprint density at radius 2 is 1.83 bits per heavy atom. The summed E-state index contributed by atoms with van der Waals surface area (Å²) in [7, 11) is 0. The highest BCUT2D eigenvalue weighted by Gasteiger charge is 2.24. The quantitative estimate of drug-likeness (QED) is 0.697. The van der Waals surface area contributed by atoms with E-state index < -0.39 is 5.41 Å². The number of carbonyl (C=O) groups is 1. The molecule has 0 atom stereocenters. The Morgan fingerprint density at radius 3 is 2.52 bits per heavy atom. The number of aliphatic hydroxyl groups excluding tert-OH is 1. The lowest BCUT2D eigenvalue weighted by Crippen LogP contribution is -2.20. The zero-order valence-electron chi connectivity index (χ0n) is 13.7. The zero-order chi connectivity index (χ0) is 16.6. The number of H-pyrrole nitrogens is 1. The Balaban J connectivity index is 2.15. The molecular weight excluding hydrogens is 286 g/mol. The van der Waals surface area contributed by atoms with Crippen LogP contribution in [0, 0.1) is 5.41 Å². The molecule has 118 valence electrons. The summed E-state index contributed by atoms with van der Waals surface area (Å²) in [6.45, 7) is 5.79. The molecule has 0 bridgehead atoms. The number of carbonyl (C=O) groups excluding carboxylic acids is 1. The zero-order valence-corrected chi connectivity index (χ0v) is 13.7. The Kier molecular flexibility index (Phi) is 3.82. The number of hydrogen-bond acceptors (Lipinski definition) is 2. The molecule has 0 aliphatic heterocycles. The van der Waals surface area contributed by atoms with E-state index in [-0.39, 0.29) is 12.4 Å². The van der Waals surface area contributed by atoms with E-state index in [0.717, 1.165) is 27.6 Å². The van der Waals surface area contributed by atoms with Crippen LogP contribution in [0.25, 0.3) is 22.0 Å². The molecule has 3 rings (SSSR count). The van der Waals surface area contributed by atoms with Crippen molar-refractivity contribution >= 4 is 16.7 Å². The van der Waals surface area contributed by atoms with Crippen LogP contribution in [0.4, 0.5) is 0 Å². The van der Waals surface area contributed by atoms with Gasteiger partial charge in [-0.1, -0.05) is 51.1 Å². The van der Waals surface area contributed by atoms with Crippen molar-refractivity contribution < 1.29 is 9.90 Å². The summed E-state index contributed by atoms with van der Waals surface area (Å²) in [6, 6.07) is 15.8.